The van der Waals surface area contributed by atoms with Gasteiger partial charge < -0.3 is 20.5 Å². The number of benzene rings is 2. The van der Waals surface area contributed by atoms with E-state index in [2.05, 4.69) is 29.0 Å². The lowest BCUT2D eigenvalue weighted by molar-refractivity contribution is 0.297. The molecule has 0 saturated carbocycles. The number of ether oxygens (including phenoxy) is 2. The van der Waals surface area contributed by atoms with Crippen LogP contribution in [0.15, 0.2) is 54.0 Å². The average Bonchev–Trinajstić information content (AvgIpc) is 2.87. The Morgan fingerprint density at radius 1 is 1.12 bits per heavy atom. The van der Waals surface area contributed by atoms with Crippen LogP contribution in [-0.4, -0.2) is 25.7 Å². The number of nitrogens with one attached hydrogen (secondary N) is 1. The monoisotopic (exact) mass is 337 g/mol. The molecule has 1 aliphatic rings. The predicted octanol–water partition coefficient (Wildman–Crippen LogP) is 3.46. The minimum absolute atomic E-state index is 0.386. The molecule has 0 saturated heterocycles. The molecule has 5 nitrogen and oxygen atoms in total. The van der Waals surface area contributed by atoms with Gasteiger partial charge in [0.25, 0.3) is 0 Å². The number of aliphatic imine (C=N–C) groups is 1. The highest BCUT2D eigenvalue weighted by atomic mass is 16.5. The maximum atomic E-state index is 5.98. The number of hydrogen-bond acceptors (Lipinski definition) is 3. The molecule has 0 aromatic heterocycles. The van der Waals surface area contributed by atoms with E-state index in [-0.39, 0.29) is 0 Å². The van der Waals surface area contributed by atoms with Crippen LogP contribution in [0.5, 0.6) is 11.5 Å². The molecular formula is C20H23N3O2. The Kier molecular flexibility index (Phi) is 5.57. The predicted molar refractivity (Wildman–Crippen MR) is 102 cm³/mol. The third-order valence-corrected chi connectivity index (χ3v) is 3.92. The van der Waals surface area contributed by atoms with E-state index >= 15 is 0 Å². The van der Waals surface area contributed by atoms with Gasteiger partial charge in [-0.1, -0.05) is 36.9 Å². The Hall–Kier alpha value is -2.95. The van der Waals surface area contributed by atoms with Gasteiger partial charge >= 0.3 is 0 Å². The van der Waals surface area contributed by atoms with Gasteiger partial charge in [-0.05, 0) is 29.7 Å². The van der Waals surface area contributed by atoms with Crippen molar-refractivity contribution in [2.24, 2.45) is 10.7 Å². The first-order valence-electron chi connectivity index (χ1n) is 8.42. The fraction of sp³-hybridized carbons (Fsp3) is 0.250. The smallest absolute Gasteiger partial charge is 0.193 e. The van der Waals surface area contributed by atoms with Gasteiger partial charge in [0, 0.05) is 24.7 Å². The molecule has 1 heterocycles. The Balaban J connectivity index is 1.55. The third kappa shape index (κ3) is 4.76. The molecule has 0 spiro atoms. The van der Waals surface area contributed by atoms with Gasteiger partial charge in [-0.3, -0.25) is 4.99 Å². The lowest BCUT2D eigenvalue weighted by Crippen LogP contribution is -2.23. The van der Waals surface area contributed by atoms with Crippen molar-refractivity contribution in [3.63, 3.8) is 0 Å². The van der Waals surface area contributed by atoms with E-state index in [9.17, 15) is 0 Å². The highest BCUT2D eigenvalue weighted by Gasteiger charge is 2.10. The molecule has 2 aromatic rings. The van der Waals surface area contributed by atoms with E-state index in [0.29, 0.717) is 25.7 Å². The van der Waals surface area contributed by atoms with Crippen LogP contribution in [0.1, 0.15) is 17.5 Å². The van der Waals surface area contributed by atoms with Crippen LogP contribution in [0.2, 0.25) is 0 Å². The summed E-state index contributed by atoms with van der Waals surface area (Å²) in [5.74, 6) is 1.89. The summed E-state index contributed by atoms with van der Waals surface area (Å²) >= 11 is 0. The van der Waals surface area contributed by atoms with Crippen LogP contribution in [-0.2, 0) is 6.42 Å². The first kappa shape index (κ1) is 16.9. The highest BCUT2D eigenvalue weighted by Crippen LogP contribution is 2.32. The van der Waals surface area contributed by atoms with Gasteiger partial charge in [0.05, 0.1) is 13.2 Å². The summed E-state index contributed by atoms with van der Waals surface area (Å²) < 4.78 is 11.3. The number of anilines is 1. The van der Waals surface area contributed by atoms with Gasteiger partial charge in [0.1, 0.15) is 0 Å². The van der Waals surface area contributed by atoms with Gasteiger partial charge in [0.2, 0.25) is 0 Å². The van der Waals surface area contributed by atoms with Crippen molar-refractivity contribution in [1.29, 1.82) is 0 Å². The second kappa shape index (κ2) is 8.24. The number of nitrogens with zero attached hydrogens (tertiary/aromatic N) is 1. The Morgan fingerprint density at radius 3 is 2.64 bits per heavy atom. The third-order valence-electron chi connectivity index (χ3n) is 3.92. The molecule has 3 N–H and O–H groups in total. The zero-order valence-corrected chi connectivity index (χ0v) is 14.2. The Bertz CT molecular complexity index is 754. The summed E-state index contributed by atoms with van der Waals surface area (Å²) in [7, 11) is 0. The summed E-state index contributed by atoms with van der Waals surface area (Å²) in [4.78, 5) is 4.38. The molecule has 2 aromatic carbocycles. The van der Waals surface area contributed by atoms with Gasteiger partial charge in [0.15, 0.2) is 17.5 Å². The van der Waals surface area contributed by atoms with Crippen molar-refractivity contribution < 1.29 is 9.47 Å². The zero-order valence-electron chi connectivity index (χ0n) is 14.2. The molecule has 5 heteroatoms. The second-order valence-corrected chi connectivity index (χ2v) is 5.80. The average molecular weight is 337 g/mol. The van der Waals surface area contributed by atoms with E-state index in [1.165, 1.54) is 5.56 Å². The summed E-state index contributed by atoms with van der Waals surface area (Å²) in [5.41, 5.74) is 9.14. The molecule has 1 aliphatic heterocycles. The van der Waals surface area contributed by atoms with Crippen molar-refractivity contribution in [3.05, 3.63) is 60.2 Å². The normalized spacial score (nSPS) is 13.8. The molecule has 0 unspecified atom stereocenters. The lowest BCUT2D eigenvalue weighted by atomic mass is 10.1. The zero-order chi connectivity index (χ0) is 17.5. The summed E-state index contributed by atoms with van der Waals surface area (Å²) in [6.07, 6.45) is 3.55. The van der Waals surface area contributed by atoms with E-state index in [0.717, 1.165) is 35.6 Å². The van der Waals surface area contributed by atoms with Crippen LogP contribution in [0.25, 0.3) is 6.08 Å². The topological polar surface area (TPSA) is 68.9 Å². The molecule has 0 amide bonds. The molecule has 3 rings (SSSR count). The van der Waals surface area contributed by atoms with Crippen molar-refractivity contribution in [3.8, 4) is 11.5 Å². The van der Waals surface area contributed by atoms with Crippen LogP contribution in [0.3, 0.4) is 0 Å². The highest BCUT2D eigenvalue weighted by molar-refractivity contribution is 5.92. The maximum absolute atomic E-state index is 5.98. The molecule has 25 heavy (non-hydrogen) atoms. The fourth-order valence-electron chi connectivity index (χ4n) is 2.55. The number of fused-ring (bicyclic) bond motifs is 1. The van der Waals surface area contributed by atoms with Gasteiger partial charge in [-0.2, -0.15) is 0 Å². The maximum Gasteiger partial charge on any atom is 0.193 e. The summed E-state index contributed by atoms with van der Waals surface area (Å²) in [6, 6.07) is 13.9. The fourth-order valence-corrected chi connectivity index (χ4v) is 2.55. The second-order valence-electron chi connectivity index (χ2n) is 5.80. The van der Waals surface area contributed by atoms with E-state index in [1.807, 2.05) is 36.4 Å². The van der Waals surface area contributed by atoms with Crippen LogP contribution >= 0.6 is 0 Å². The van der Waals surface area contributed by atoms with Crippen LogP contribution in [0, 0.1) is 0 Å². The molecular weight excluding hydrogens is 314 g/mol. The molecule has 0 radical (unpaired) electrons. The molecule has 0 atom stereocenters. The SMILES string of the molecule is C=Cc1ccc(CCN=C(N)Nc2ccc3c(c2)OCCCO3)cc1. The Morgan fingerprint density at radius 2 is 1.88 bits per heavy atom. The molecule has 0 fully saturated rings. The first-order valence-corrected chi connectivity index (χ1v) is 8.42. The van der Waals surface area contributed by atoms with Crippen molar-refractivity contribution in [2.75, 3.05) is 25.1 Å². The van der Waals surface area contributed by atoms with Crippen molar-refractivity contribution in [1.82, 2.24) is 0 Å². The lowest BCUT2D eigenvalue weighted by Gasteiger charge is -2.10. The van der Waals surface area contributed by atoms with Gasteiger partial charge in [-0.15, -0.1) is 0 Å². The number of hydrogen-bond donors (Lipinski definition) is 2. The Labute approximate surface area is 148 Å². The van der Waals surface area contributed by atoms with Crippen LogP contribution < -0.4 is 20.5 Å². The van der Waals surface area contributed by atoms with E-state index < -0.39 is 0 Å². The van der Waals surface area contributed by atoms with E-state index in [4.69, 9.17) is 15.2 Å². The quantitative estimate of drug-likeness (QED) is 0.647. The summed E-state index contributed by atoms with van der Waals surface area (Å²) in [6.45, 7) is 5.71. The van der Waals surface area contributed by atoms with Crippen LogP contribution in [0.4, 0.5) is 5.69 Å². The van der Waals surface area contributed by atoms with E-state index in [1.54, 1.807) is 0 Å². The number of nitrogens with two attached hydrogens (primary N) is 1. The van der Waals surface area contributed by atoms with Crippen molar-refractivity contribution in [2.45, 2.75) is 12.8 Å². The summed E-state index contributed by atoms with van der Waals surface area (Å²) in [5, 5.41) is 3.10. The largest absolute Gasteiger partial charge is 0.490 e. The van der Waals surface area contributed by atoms with Gasteiger partial charge in [-0.25, -0.2) is 0 Å². The minimum atomic E-state index is 0.386. The molecule has 0 bridgehead atoms. The number of guanidine groups is 1. The first-order chi connectivity index (χ1) is 12.2. The molecule has 0 aliphatic carbocycles. The standard InChI is InChI=1S/C20H23N3O2/c1-2-15-4-6-16(7-5-15)10-11-22-20(21)23-17-8-9-18-19(14-17)25-13-3-12-24-18/h2,4-9,14H,1,3,10-13H2,(H3,21,22,23). The minimum Gasteiger partial charge on any atom is -0.490 e. The van der Waals surface area contributed by atoms with Crippen molar-refractivity contribution >= 4 is 17.7 Å². The molecule has 130 valence electrons. The number of rotatable bonds is 5.